The predicted molar refractivity (Wildman–Crippen MR) is 143 cm³/mol. The number of hydrogen-bond donors (Lipinski definition) is 2. The summed E-state index contributed by atoms with van der Waals surface area (Å²) >= 11 is 0. The maximum absolute atomic E-state index is 15.0. The van der Waals surface area contributed by atoms with Gasteiger partial charge in [-0.25, -0.2) is 17.2 Å². The van der Waals surface area contributed by atoms with Crippen LogP contribution < -0.4 is 5.32 Å². The summed E-state index contributed by atoms with van der Waals surface area (Å²) in [5, 5.41) is 12.1. The summed E-state index contributed by atoms with van der Waals surface area (Å²) < 4.78 is 137. The molecule has 0 radical (unpaired) electrons. The standard InChI is InChI=1S/C30H29F8NO5S/c31-19-5-9-21(10-6-19)45(43,44)27-14-13-22(25(40)39-20-7-1-16(2-8-20)26(41)42)24(27)11-3-17-15-18(4-12-23(17)27)28(32,29(33,34)35)30(36,37)38/h4-6,9-10,12,15-16,20,22,24H,1-3,7-8,11,13-14H2,(H,39,40)(H,41,42)/t16?,20?,22-,24+,27-/m1/s1. The van der Waals surface area contributed by atoms with Gasteiger partial charge in [-0.2, -0.15) is 26.3 Å². The number of carbonyl (C=O) groups is 2. The summed E-state index contributed by atoms with van der Waals surface area (Å²) in [6.45, 7) is 0. The molecule has 2 aromatic rings. The van der Waals surface area contributed by atoms with Crippen LogP contribution in [0.3, 0.4) is 0 Å². The SMILES string of the molecule is O=C(O)C1CCC(NC(=O)[C@@H]2CC[C@@]3(S(=O)(=O)c4ccc(F)cc4)c4ccc(C(F)(C(F)(F)F)C(F)(F)F)cc4CC[C@@H]23)CC1. The molecule has 0 spiro atoms. The largest absolute Gasteiger partial charge is 0.481 e. The molecule has 1 amide bonds. The Hall–Kier alpha value is -3.23. The molecule has 15 heteroatoms. The maximum atomic E-state index is 15.0. The number of nitrogens with one attached hydrogen (secondary N) is 1. The lowest BCUT2D eigenvalue weighted by atomic mass is 9.72. The second-order valence-electron chi connectivity index (χ2n) is 12.1. The van der Waals surface area contributed by atoms with Gasteiger partial charge in [-0.3, -0.25) is 9.59 Å². The first-order chi connectivity index (χ1) is 20.8. The van der Waals surface area contributed by atoms with Gasteiger partial charge in [0.05, 0.1) is 10.8 Å². The number of aliphatic carboxylic acids is 1. The number of benzene rings is 2. The zero-order chi connectivity index (χ0) is 33.2. The third-order valence-corrected chi connectivity index (χ3v) is 12.3. The van der Waals surface area contributed by atoms with Gasteiger partial charge < -0.3 is 10.4 Å². The van der Waals surface area contributed by atoms with Crippen LogP contribution in [0.1, 0.15) is 61.6 Å². The lowest BCUT2D eigenvalue weighted by Gasteiger charge is -2.43. The van der Waals surface area contributed by atoms with Crippen LogP contribution in [0.4, 0.5) is 35.1 Å². The highest BCUT2D eigenvalue weighted by Gasteiger charge is 2.74. The van der Waals surface area contributed by atoms with E-state index in [0.29, 0.717) is 37.8 Å². The summed E-state index contributed by atoms with van der Waals surface area (Å²) in [5.41, 5.74) is -7.81. The number of aryl methyl sites for hydroxylation is 1. The van der Waals surface area contributed by atoms with Gasteiger partial charge in [0.2, 0.25) is 5.91 Å². The van der Waals surface area contributed by atoms with E-state index < -0.39 is 73.6 Å². The highest BCUT2D eigenvalue weighted by atomic mass is 32.2. The third kappa shape index (κ3) is 5.28. The Labute approximate surface area is 253 Å². The quantitative estimate of drug-likeness (QED) is 0.270. The molecular formula is C30H29F8NO5S. The summed E-state index contributed by atoms with van der Waals surface area (Å²) in [5.74, 6) is -4.62. The van der Waals surface area contributed by atoms with Crippen molar-refractivity contribution in [1.29, 1.82) is 0 Å². The van der Waals surface area contributed by atoms with E-state index in [2.05, 4.69) is 5.32 Å². The zero-order valence-electron chi connectivity index (χ0n) is 23.5. The van der Waals surface area contributed by atoms with Gasteiger partial charge in [0, 0.05) is 17.5 Å². The number of amides is 1. The Morgan fingerprint density at radius 1 is 0.844 bits per heavy atom. The van der Waals surface area contributed by atoms with Crippen molar-refractivity contribution in [3.05, 3.63) is 65.0 Å². The zero-order valence-corrected chi connectivity index (χ0v) is 24.3. The molecule has 6 nitrogen and oxygen atoms in total. The Bertz CT molecular complexity index is 1570. The fraction of sp³-hybridized carbons (Fsp3) is 0.533. The van der Waals surface area contributed by atoms with Gasteiger partial charge in [-0.05, 0) is 92.7 Å². The van der Waals surface area contributed by atoms with Gasteiger partial charge >= 0.3 is 24.0 Å². The number of carbonyl (C=O) groups excluding carboxylic acids is 1. The molecule has 2 N–H and O–H groups in total. The van der Waals surface area contributed by atoms with E-state index >= 15 is 0 Å². The molecule has 0 bridgehead atoms. The Kier molecular flexibility index (Phi) is 8.27. The first-order valence-corrected chi connectivity index (χ1v) is 15.8. The number of halogens is 8. The summed E-state index contributed by atoms with van der Waals surface area (Å²) in [6.07, 6.45) is -11.9. The molecule has 246 valence electrons. The smallest absolute Gasteiger partial charge is 0.435 e. The lowest BCUT2D eigenvalue weighted by Crippen LogP contribution is -2.51. The highest BCUT2D eigenvalue weighted by Crippen LogP contribution is 2.60. The van der Waals surface area contributed by atoms with Gasteiger partial charge in [0.15, 0.2) is 9.84 Å². The van der Waals surface area contributed by atoms with Crippen molar-refractivity contribution in [2.24, 2.45) is 17.8 Å². The second kappa shape index (κ2) is 11.2. The van der Waals surface area contributed by atoms with Crippen LogP contribution in [0, 0.1) is 23.6 Å². The van der Waals surface area contributed by atoms with Crippen LogP contribution in [0.2, 0.25) is 0 Å². The molecule has 0 unspecified atom stereocenters. The number of hydrogen-bond acceptors (Lipinski definition) is 4. The van der Waals surface area contributed by atoms with Crippen molar-refractivity contribution < 1.29 is 58.2 Å². The molecule has 2 aromatic carbocycles. The minimum Gasteiger partial charge on any atom is -0.481 e. The maximum Gasteiger partial charge on any atom is 0.435 e. The van der Waals surface area contributed by atoms with Gasteiger partial charge in [-0.15, -0.1) is 0 Å². The van der Waals surface area contributed by atoms with Crippen LogP contribution in [0.5, 0.6) is 0 Å². The molecule has 3 aliphatic rings. The minimum absolute atomic E-state index is 0.000732. The normalized spacial score (nSPS) is 27.4. The number of sulfone groups is 1. The second-order valence-corrected chi connectivity index (χ2v) is 14.3. The number of carboxylic acids is 1. The van der Waals surface area contributed by atoms with Crippen LogP contribution >= 0.6 is 0 Å². The first kappa shape index (κ1) is 33.1. The molecule has 0 aromatic heterocycles. The van der Waals surface area contributed by atoms with E-state index in [1.807, 2.05) is 0 Å². The monoisotopic (exact) mass is 667 g/mol. The van der Waals surface area contributed by atoms with Crippen molar-refractivity contribution in [2.75, 3.05) is 0 Å². The minimum atomic E-state index is -6.37. The molecule has 5 rings (SSSR count). The average Bonchev–Trinajstić information content (AvgIpc) is 3.38. The summed E-state index contributed by atoms with van der Waals surface area (Å²) in [6, 6.07) is 4.88. The first-order valence-electron chi connectivity index (χ1n) is 14.3. The molecule has 2 saturated carbocycles. The van der Waals surface area contributed by atoms with E-state index in [1.54, 1.807) is 0 Å². The number of fused-ring (bicyclic) bond motifs is 3. The number of alkyl halides is 7. The molecule has 3 aliphatic carbocycles. The molecule has 2 fully saturated rings. The fourth-order valence-corrected chi connectivity index (χ4v) is 9.96. The van der Waals surface area contributed by atoms with Crippen molar-refractivity contribution in [3.63, 3.8) is 0 Å². The van der Waals surface area contributed by atoms with Crippen molar-refractivity contribution in [3.8, 4) is 0 Å². The van der Waals surface area contributed by atoms with Gasteiger partial charge in [-0.1, -0.05) is 18.2 Å². The predicted octanol–water partition coefficient (Wildman–Crippen LogP) is 6.52. The van der Waals surface area contributed by atoms with E-state index in [-0.39, 0.29) is 47.7 Å². The third-order valence-electron chi connectivity index (χ3n) is 9.74. The fourth-order valence-electron chi connectivity index (χ4n) is 7.49. The lowest BCUT2D eigenvalue weighted by molar-refractivity contribution is -0.348. The molecule has 45 heavy (non-hydrogen) atoms. The Morgan fingerprint density at radius 2 is 1.44 bits per heavy atom. The molecule has 3 atom stereocenters. The van der Waals surface area contributed by atoms with E-state index in [9.17, 15) is 58.2 Å². The van der Waals surface area contributed by atoms with Crippen LogP contribution in [0.15, 0.2) is 47.4 Å². The Morgan fingerprint density at radius 3 is 2.00 bits per heavy atom. The van der Waals surface area contributed by atoms with Crippen molar-refractivity contribution in [2.45, 2.75) is 85.1 Å². The van der Waals surface area contributed by atoms with Crippen LogP contribution in [0.25, 0.3) is 0 Å². The molecule has 0 aliphatic heterocycles. The Balaban J connectivity index is 1.57. The topological polar surface area (TPSA) is 101 Å². The van der Waals surface area contributed by atoms with Crippen molar-refractivity contribution >= 4 is 21.7 Å². The van der Waals surface area contributed by atoms with Crippen LogP contribution in [-0.4, -0.2) is 43.8 Å². The van der Waals surface area contributed by atoms with Crippen LogP contribution in [-0.2, 0) is 36.3 Å². The summed E-state index contributed by atoms with van der Waals surface area (Å²) in [4.78, 5) is 24.5. The molecular weight excluding hydrogens is 638 g/mol. The average molecular weight is 668 g/mol. The van der Waals surface area contributed by atoms with E-state index in [1.165, 1.54) is 0 Å². The van der Waals surface area contributed by atoms with E-state index in [0.717, 1.165) is 30.3 Å². The number of carboxylic acid groups (broad SMARTS) is 1. The summed E-state index contributed by atoms with van der Waals surface area (Å²) in [7, 11) is -4.56. The van der Waals surface area contributed by atoms with Gasteiger partial charge in [0.1, 0.15) is 10.6 Å². The van der Waals surface area contributed by atoms with Crippen molar-refractivity contribution in [1.82, 2.24) is 5.32 Å². The van der Waals surface area contributed by atoms with Gasteiger partial charge in [0.25, 0.3) is 0 Å². The molecule has 0 heterocycles. The number of rotatable bonds is 6. The van der Waals surface area contributed by atoms with E-state index in [4.69, 9.17) is 0 Å². The highest BCUT2D eigenvalue weighted by molar-refractivity contribution is 7.92. The molecule has 0 saturated heterocycles.